The van der Waals surface area contributed by atoms with Gasteiger partial charge in [0, 0.05) is 17.2 Å². The normalized spacial score (nSPS) is 18.4. The molecule has 28 heavy (non-hydrogen) atoms. The maximum Gasteiger partial charge on any atom is 0.255 e. The molecule has 0 radical (unpaired) electrons. The van der Waals surface area contributed by atoms with Crippen molar-refractivity contribution < 1.29 is 13.2 Å². The predicted molar refractivity (Wildman–Crippen MR) is 115 cm³/mol. The van der Waals surface area contributed by atoms with Gasteiger partial charge in [0.1, 0.15) is 5.01 Å². The molecular formula is C20H20N2O3S3. The van der Waals surface area contributed by atoms with E-state index in [-0.39, 0.29) is 22.7 Å². The first-order valence-corrected chi connectivity index (χ1v) is 12.5. The second kappa shape index (κ2) is 7.85. The van der Waals surface area contributed by atoms with E-state index in [9.17, 15) is 13.2 Å². The van der Waals surface area contributed by atoms with Gasteiger partial charge in [0.15, 0.2) is 9.84 Å². The van der Waals surface area contributed by atoms with E-state index in [2.05, 4.69) is 4.98 Å². The largest absolute Gasteiger partial charge is 0.335 e. The Kier molecular flexibility index (Phi) is 5.44. The third-order valence-electron chi connectivity index (χ3n) is 4.66. The Morgan fingerprint density at radius 1 is 1.21 bits per heavy atom. The lowest BCUT2D eigenvalue weighted by atomic mass is 10.2. The number of carbonyl (C=O) groups is 1. The monoisotopic (exact) mass is 432 g/mol. The second-order valence-electron chi connectivity index (χ2n) is 6.88. The number of para-hydroxylation sites is 1. The summed E-state index contributed by atoms with van der Waals surface area (Å²) in [4.78, 5) is 20.2. The molecule has 5 nitrogen and oxygen atoms in total. The first-order valence-electron chi connectivity index (χ1n) is 8.97. The Morgan fingerprint density at radius 2 is 1.96 bits per heavy atom. The van der Waals surface area contributed by atoms with Crippen LogP contribution in [0.4, 0.5) is 0 Å². The van der Waals surface area contributed by atoms with Crippen LogP contribution in [-0.4, -0.2) is 48.0 Å². The zero-order chi connectivity index (χ0) is 19.7. The van der Waals surface area contributed by atoms with Gasteiger partial charge in [-0.05, 0) is 30.7 Å². The molecule has 2 heterocycles. The molecule has 1 atom stereocenters. The van der Waals surface area contributed by atoms with Crippen molar-refractivity contribution in [1.29, 1.82) is 0 Å². The highest BCUT2D eigenvalue weighted by Crippen LogP contribution is 2.33. The predicted octanol–water partition coefficient (Wildman–Crippen LogP) is 3.85. The molecule has 1 amide bonds. The van der Waals surface area contributed by atoms with Gasteiger partial charge in [0.05, 0.1) is 33.8 Å². The molecule has 4 rings (SSSR count). The molecule has 0 N–H and O–H groups in total. The third-order valence-corrected chi connectivity index (χ3v) is 9.00. The molecule has 0 saturated carbocycles. The van der Waals surface area contributed by atoms with Crippen molar-refractivity contribution in [2.75, 3.05) is 18.6 Å². The number of carbonyl (C=O) groups excluding carboxylic acids is 1. The maximum absolute atomic E-state index is 13.1. The summed E-state index contributed by atoms with van der Waals surface area (Å²) in [5.41, 5.74) is 1.56. The molecule has 0 unspecified atom stereocenters. The Morgan fingerprint density at radius 3 is 2.71 bits per heavy atom. The van der Waals surface area contributed by atoms with E-state index in [0.717, 1.165) is 20.1 Å². The Hall–Kier alpha value is -1.90. The zero-order valence-electron chi connectivity index (χ0n) is 15.4. The van der Waals surface area contributed by atoms with E-state index in [1.807, 2.05) is 48.5 Å². The summed E-state index contributed by atoms with van der Waals surface area (Å²) in [6, 6.07) is 15.4. The van der Waals surface area contributed by atoms with Crippen molar-refractivity contribution in [2.24, 2.45) is 0 Å². The molecule has 146 valence electrons. The number of amides is 1. The van der Waals surface area contributed by atoms with Gasteiger partial charge in [-0.3, -0.25) is 4.79 Å². The fourth-order valence-electron chi connectivity index (χ4n) is 3.25. The molecular weight excluding hydrogens is 412 g/mol. The van der Waals surface area contributed by atoms with E-state index in [1.165, 1.54) is 11.8 Å². The number of fused-ring (bicyclic) bond motifs is 1. The molecule has 0 spiro atoms. The summed E-state index contributed by atoms with van der Waals surface area (Å²) in [6.45, 7) is 0.439. The topological polar surface area (TPSA) is 67.3 Å². The summed E-state index contributed by atoms with van der Waals surface area (Å²) < 4.78 is 24.6. The van der Waals surface area contributed by atoms with Crippen molar-refractivity contribution in [3.8, 4) is 0 Å². The molecule has 1 aliphatic rings. The molecule has 8 heteroatoms. The summed E-state index contributed by atoms with van der Waals surface area (Å²) in [7, 11) is -1.17. The van der Waals surface area contributed by atoms with E-state index in [1.54, 1.807) is 23.3 Å². The summed E-state index contributed by atoms with van der Waals surface area (Å²) in [5, 5.41) is 0.901. The SMILES string of the molecule is CN(Cc1nc2ccccc2s1)C(=O)c1ccccc1S[C@H]1CCS(=O)(=O)C1. The van der Waals surface area contributed by atoms with Gasteiger partial charge in [-0.15, -0.1) is 23.1 Å². The van der Waals surface area contributed by atoms with Gasteiger partial charge in [-0.1, -0.05) is 24.3 Å². The number of thiazole rings is 1. The van der Waals surface area contributed by atoms with Gasteiger partial charge in [-0.25, -0.2) is 13.4 Å². The number of nitrogens with zero attached hydrogens (tertiary/aromatic N) is 2. The average Bonchev–Trinajstić information content (AvgIpc) is 3.23. The number of rotatable bonds is 5. The fraction of sp³-hybridized carbons (Fsp3) is 0.300. The lowest BCUT2D eigenvalue weighted by molar-refractivity contribution is 0.0781. The van der Waals surface area contributed by atoms with Crippen LogP contribution >= 0.6 is 23.1 Å². The first kappa shape index (κ1) is 19.4. The van der Waals surface area contributed by atoms with Crippen LogP contribution in [0.2, 0.25) is 0 Å². The number of hydrogen-bond acceptors (Lipinski definition) is 6. The van der Waals surface area contributed by atoms with Gasteiger partial charge in [0.25, 0.3) is 5.91 Å². The van der Waals surface area contributed by atoms with Crippen LogP contribution in [-0.2, 0) is 16.4 Å². The van der Waals surface area contributed by atoms with E-state index in [0.29, 0.717) is 18.5 Å². The van der Waals surface area contributed by atoms with Crippen molar-refractivity contribution in [3.63, 3.8) is 0 Å². The molecule has 0 aliphatic carbocycles. The average molecular weight is 433 g/mol. The highest BCUT2D eigenvalue weighted by Gasteiger charge is 2.29. The Bertz CT molecular complexity index is 1090. The highest BCUT2D eigenvalue weighted by atomic mass is 32.2. The van der Waals surface area contributed by atoms with Crippen LogP contribution in [0.15, 0.2) is 53.4 Å². The minimum absolute atomic E-state index is 0.00789. The molecule has 1 aromatic heterocycles. The van der Waals surface area contributed by atoms with E-state index in [4.69, 9.17) is 0 Å². The molecule has 0 bridgehead atoms. The summed E-state index contributed by atoms with van der Waals surface area (Å²) >= 11 is 3.09. The van der Waals surface area contributed by atoms with Crippen molar-refractivity contribution >= 4 is 49.1 Å². The summed E-state index contributed by atoms with van der Waals surface area (Å²) in [6.07, 6.45) is 0.636. The minimum Gasteiger partial charge on any atom is -0.335 e. The number of hydrogen-bond donors (Lipinski definition) is 0. The number of aromatic nitrogens is 1. The first-order chi connectivity index (χ1) is 13.4. The lowest BCUT2D eigenvalue weighted by Crippen LogP contribution is -2.26. The number of thioether (sulfide) groups is 1. The van der Waals surface area contributed by atoms with Crippen molar-refractivity contribution in [1.82, 2.24) is 9.88 Å². The van der Waals surface area contributed by atoms with Gasteiger partial charge in [-0.2, -0.15) is 0 Å². The number of benzene rings is 2. The van der Waals surface area contributed by atoms with E-state index < -0.39 is 9.84 Å². The van der Waals surface area contributed by atoms with Gasteiger partial charge >= 0.3 is 0 Å². The van der Waals surface area contributed by atoms with Crippen LogP contribution in [0.5, 0.6) is 0 Å². The molecule has 1 saturated heterocycles. The quantitative estimate of drug-likeness (QED) is 0.613. The Balaban J connectivity index is 1.51. The highest BCUT2D eigenvalue weighted by molar-refractivity contribution is 8.02. The second-order valence-corrected chi connectivity index (χ2v) is 11.6. The van der Waals surface area contributed by atoms with Crippen LogP contribution in [0, 0.1) is 0 Å². The standard InChI is InChI=1S/C20H20N2O3S3/c1-22(12-19-21-16-7-3-5-9-18(16)27-19)20(23)15-6-2-4-8-17(15)26-14-10-11-28(24,25)13-14/h2-9,14H,10-13H2,1H3/t14-/m0/s1. The van der Waals surface area contributed by atoms with Crippen molar-refractivity contribution in [2.45, 2.75) is 23.1 Å². The van der Waals surface area contributed by atoms with Crippen molar-refractivity contribution in [3.05, 3.63) is 59.1 Å². The molecule has 2 aromatic carbocycles. The molecule has 3 aromatic rings. The molecule has 1 aliphatic heterocycles. The number of sulfone groups is 1. The summed E-state index contributed by atoms with van der Waals surface area (Å²) in [5.74, 6) is 0.336. The Labute approximate surface area is 172 Å². The zero-order valence-corrected chi connectivity index (χ0v) is 17.8. The maximum atomic E-state index is 13.1. The van der Waals surface area contributed by atoms with Gasteiger partial charge in [0.2, 0.25) is 0 Å². The van der Waals surface area contributed by atoms with Crippen LogP contribution in [0.1, 0.15) is 21.8 Å². The van der Waals surface area contributed by atoms with Gasteiger partial charge < -0.3 is 4.90 Å². The van der Waals surface area contributed by atoms with Crippen LogP contribution in [0.3, 0.4) is 0 Å². The van der Waals surface area contributed by atoms with E-state index >= 15 is 0 Å². The van der Waals surface area contributed by atoms with Crippen LogP contribution < -0.4 is 0 Å². The molecule has 1 fully saturated rings. The minimum atomic E-state index is -2.94. The fourth-order valence-corrected chi connectivity index (χ4v) is 7.89. The smallest absolute Gasteiger partial charge is 0.255 e. The van der Waals surface area contributed by atoms with Crippen LogP contribution in [0.25, 0.3) is 10.2 Å². The lowest BCUT2D eigenvalue weighted by Gasteiger charge is -2.18. The third kappa shape index (κ3) is 4.24.